The fourth-order valence-electron chi connectivity index (χ4n) is 2.73. The number of anilines is 1. The molecule has 0 aliphatic heterocycles. The van der Waals surface area contributed by atoms with Crippen LogP contribution >= 0.6 is 0 Å². The zero-order valence-corrected chi connectivity index (χ0v) is 13.7. The maximum absolute atomic E-state index is 14.0. The van der Waals surface area contributed by atoms with Crippen LogP contribution in [0.1, 0.15) is 12.2 Å². The van der Waals surface area contributed by atoms with E-state index in [1.807, 2.05) is 0 Å². The molecule has 2 aromatic carbocycles. The number of imidazole rings is 1. The smallest absolute Gasteiger partial charge is 0.295 e. The van der Waals surface area contributed by atoms with E-state index in [4.69, 9.17) is 0 Å². The topological polar surface area (TPSA) is 90.6 Å². The summed E-state index contributed by atoms with van der Waals surface area (Å²) in [4.78, 5) is 8.61. The molecule has 3 N–H and O–H groups in total. The molecule has 4 aromatic rings. The Kier molecular flexibility index (Phi) is 3.65. The summed E-state index contributed by atoms with van der Waals surface area (Å²) in [5.74, 6) is -1.17. The van der Waals surface area contributed by atoms with Gasteiger partial charge in [-0.2, -0.15) is 0 Å². The number of fused-ring (bicyclic) bond motifs is 2. The van der Waals surface area contributed by atoms with Gasteiger partial charge in [0.2, 0.25) is 0 Å². The highest BCUT2D eigenvalue weighted by atomic mass is 32.2. The lowest BCUT2D eigenvalue weighted by atomic mass is 10.2. The number of aromatic amines is 2. The summed E-state index contributed by atoms with van der Waals surface area (Å²) in [5, 5.41) is -0.0531. The van der Waals surface area contributed by atoms with Crippen molar-refractivity contribution < 1.29 is 21.6 Å². The van der Waals surface area contributed by atoms with Gasteiger partial charge >= 0.3 is 0 Å². The van der Waals surface area contributed by atoms with Crippen LogP contribution in [0.4, 0.5) is 18.9 Å². The van der Waals surface area contributed by atoms with Gasteiger partial charge in [0.25, 0.3) is 16.4 Å². The number of nitrogens with one attached hydrogen (secondary N) is 3. The summed E-state index contributed by atoms with van der Waals surface area (Å²) in [6.07, 6.45) is -1.57. The van der Waals surface area contributed by atoms with Crippen molar-refractivity contribution in [1.82, 2.24) is 15.0 Å². The number of hydrogen-bond donors (Lipinski definition) is 3. The summed E-state index contributed by atoms with van der Waals surface area (Å²) >= 11 is 0. The molecule has 4 rings (SSSR count). The van der Waals surface area contributed by atoms with Gasteiger partial charge in [-0.1, -0.05) is 6.07 Å². The van der Waals surface area contributed by atoms with Crippen molar-refractivity contribution in [3.63, 3.8) is 0 Å². The summed E-state index contributed by atoms with van der Waals surface area (Å²) in [6, 6.07) is 8.33. The molecule has 2 aromatic heterocycles. The largest absolute Gasteiger partial charge is 0.360 e. The second-order valence-corrected chi connectivity index (χ2v) is 7.23. The summed E-state index contributed by atoms with van der Waals surface area (Å²) in [7, 11) is -4.10. The first-order valence-electron chi connectivity index (χ1n) is 7.41. The van der Waals surface area contributed by atoms with Gasteiger partial charge in [-0.05, 0) is 30.3 Å². The van der Waals surface area contributed by atoms with Gasteiger partial charge in [-0.3, -0.25) is 4.72 Å². The monoisotopic (exact) mass is 380 g/mol. The molecule has 0 unspecified atom stereocenters. The molecule has 0 spiro atoms. The van der Waals surface area contributed by atoms with Crippen LogP contribution in [0.15, 0.2) is 47.5 Å². The first kappa shape index (κ1) is 16.5. The first-order valence-corrected chi connectivity index (χ1v) is 8.90. The molecule has 0 amide bonds. The molecular formula is C16H11F3N4O2S. The third kappa shape index (κ3) is 2.68. The van der Waals surface area contributed by atoms with E-state index in [0.717, 1.165) is 6.07 Å². The number of alkyl halides is 2. The van der Waals surface area contributed by atoms with Gasteiger partial charge in [-0.25, -0.2) is 26.6 Å². The molecule has 10 heteroatoms. The van der Waals surface area contributed by atoms with Crippen LogP contribution in [-0.2, 0) is 10.0 Å². The number of aromatic nitrogens is 3. The molecule has 26 heavy (non-hydrogen) atoms. The van der Waals surface area contributed by atoms with Crippen molar-refractivity contribution >= 4 is 37.6 Å². The molecular weight excluding hydrogens is 369 g/mol. The van der Waals surface area contributed by atoms with Gasteiger partial charge in [-0.15, -0.1) is 0 Å². The Morgan fingerprint density at radius 2 is 1.92 bits per heavy atom. The fraction of sp³-hybridized carbons (Fsp3) is 0.0625. The average molecular weight is 380 g/mol. The third-order valence-corrected chi connectivity index (χ3v) is 5.27. The number of hydrogen-bond acceptors (Lipinski definition) is 3. The lowest BCUT2D eigenvalue weighted by Crippen LogP contribution is -2.12. The number of halogens is 3. The van der Waals surface area contributed by atoms with E-state index in [2.05, 4.69) is 19.7 Å². The molecule has 0 radical (unpaired) electrons. The highest BCUT2D eigenvalue weighted by Crippen LogP contribution is 2.28. The normalized spacial score (nSPS) is 12.3. The third-order valence-electron chi connectivity index (χ3n) is 3.87. The Hall–Kier alpha value is -3.01. The zero-order valence-electron chi connectivity index (χ0n) is 12.9. The SMILES string of the molecule is O=S(=O)(Nc1ccc2nc(C(F)F)[nH]c2c1)c1c[nH]c2cccc(F)c12. The summed E-state index contributed by atoms with van der Waals surface area (Å²) in [6.45, 7) is 0. The quantitative estimate of drug-likeness (QED) is 0.501. The van der Waals surface area contributed by atoms with Crippen molar-refractivity contribution in [2.24, 2.45) is 0 Å². The predicted molar refractivity (Wildman–Crippen MR) is 90.1 cm³/mol. The highest BCUT2D eigenvalue weighted by molar-refractivity contribution is 7.93. The zero-order chi connectivity index (χ0) is 18.5. The van der Waals surface area contributed by atoms with Crippen molar-refractivity contribution in [1.29, 1.82) is 0 Å². The fourth-order valence-corrected chi connectivity index (χ4v) is 3.97. The maximum Gasteiger partial charge on any atom is 0.295 e. The van der Waals surface area contributed by atoms with Crippen molar-refractivity contribution in [2.75, 3.05) is 4.72 Å². The summed E-state index contributed by atoms with van der Waals surface area (Å²) < 4.78 is 67.0. The minimum absolute atomic E-state index is 0.0531. The Morgan fingerprint density at radius 1 is 1.12 bits per heavy atom. The average Bonchev–Trinajstić information content (AvgIpc) is 3.19. The van der Waals surface area contributed by atoms with Crippen molar-refractivity contribution in [3.8, 4) is 0 Å². The van der Waals surface area contributed by atoms with Gasteiger partial charge in [0.1, 0.15) is 10.7 Å². The van der Waals surface area contributed by atoms with Crippen molar-refractivity contribution in [3.05, 3.63) is 54.2 Å². The number of benzene rings is 2. The Labute approximate surface area is 145 Å². The van der Waals surface area contributed by atoms with Gasteiger partial charge in [0.05, 0.1) is 22.1 Å². The molecule has 134 valence electrons. The van der Waals surface area contributed by atoms with Crippen molar-refractivity contribution in [2.45, 2.75) is 11.3 Å². The predicted octanol–water partition coefficient (Wildman–Crippen LogP) is 3.92. The van der Waals surface area contributed by atoms with E-state index < -0.39 is 28.1 Å². The molecule has 6 nitrogen and oxygen atoms in total. The maximum atomic E-state index is 14.0. The summed E-state index contributed by atoms with van der Waals surface area (Å²) in [5.41, 5.74) is 1.01. The molecule has 0 aliphatic rings. The highest BCUT2D eigenvalue weighted by Gasteiger charge is 2.22. The molecule has 0 saturated carbocycles. The van der Waals surface area contributed by atoms with Crippen LogP contribution in [0.25, 0.3) is 21.9 Å². The molecule has 0 saturated heterocycles. The standard InChI is InChI=1S/C16H11F3N4O2S/c17-9-2-1-3-11-14(9)13(7-20-11)26(24,25)23-8-4-5-10-12(6-8)22-16(21-10)15(18)19/h1-7,15,20,23H,(H,21,22). The van der Waals surface area contributed by atoms with Crippen LogP contribution in [0.2, 0.25) is 0 Å². The first-order chi connectivity index (χ1) is 12.3. The second-order valence-electron chi connectivity index (χ2n) is 5.58. The van der Waals surface area contributed by atoms with E-state index in [0.29, 0.717) is 5.52 Å². The van der Waals surface area contributed by atoms with Gasteiger partial charge in [0, 0.05) is 11.7 Å². The van der Waals surface area contributed by atoms with Gasteiger partial charge < -0.3 is 9.97 Å². The number of H-pyrrole nitrogens is 2. The lowest BCUT2D eigenvalue weighted by molar-refractivity contribution is 0.142. The Balaban J connectivity index is 1.74. The van der Waals surface area contributed by atoms with Crippen LogP contribution < -0.4 is 4.72 Å². The van der Waals surface area contributed by atoms with E-state index in [-0.39, 0.29) is 27.0 Å². The second kappa shape index (κ2) is 5.77. The van der Waals surface area contributed by atoms with Crippen LogP contribution in [0.3, 0.4) is 0 Å². The Bertz CT molecular complexity index is 1230. The number of sulfonamides is 1. The van der Waals surface area contributed by atoms with E-state index in [1.54, 1.807) is 6.07 Å². The molecule has 0 bridgehead atoms. The van der Waals surface area contributed by atoms with Crippen LogP contribution in [-0.4, -0.2) is 23.4 Å². The number of nitrogens with zero attached hydrogens (tertiary/aromatic N) is 1. The lowest BCUT2D eigenvalue weighted by Gasteiger charge is -2.07. The van der Waals surface area contributed by atoms with E-state index in [1.165, 1.54) is 30.5 Å². The van der Waals surface area contributed by atoms with E-state index in [9.17, 15) is 21.6 Å². The van der Waals surface area contributed by atoms with E-state index >= 15 is 0 Å². The number of rotatable bonds is 4. The molecule has 0 atom stereocenters. The van der Waals surface area contributed by atoms with Crippen LogP contribution in [0, 0.1) is 5.82 Å². The molecule has 2 heterocycles. The van der Waals surface area contributed by atoms with Crippen LogP contribution in [0.5, 0.6) is 0 Å². The minimum atomic E-state index is -4.10. The molecule has 0 fully saturated rings. The van der Waals surface area contributed by atoms with Gasteiger partial charge in [0.15, 0.2) is 5.82 Å². The molecule has 0 aliphatic carbocycles. The Morgan fingerprint density at radius 3 is 2.69 bits per heavy atom. The minimum Gasteiger partial charge on any atom is -0.360 e.